The Kier molecular flexibility index (Phi) is 6.77. The number of nitrogens with zero attached hydrogens (tertiary/aromatic N) is 1. The maximum absolute atomic E-state index is 12.7. The molecule has 7 heteroatoms. The summed E-state index contributed by atoms with van der Waals surface area (Å²) in [6.07, 6.45) is 0. The second-order valence-corrected chi connectivity index (χ2v) is 6.52. The van der Waals surface area contributed by atoms with Crippen LogP contribution >= 0.6 is 28.1 Å². The van der Waals surface area contributed by atoms with E-state index in [1.807, 2.05) is 43.0 Å². The molecule has 0 radical (unpaired) electrons. The van der Waals surface area contributed by atoms with E-state index in [0.717, 1.165) is 15.7 Å². The van der Waals surface area contributed by atoms with E-state index in [1.54, 1.807) is 7.11 Å². The largest absolute Gasteiger partial charge is 0.460 e. The van der Waals surface area contributed by atoms with E-state index in [9.17, 15) is 4.79 Å². The number of ether oxygens (including phenoxy) is 2. The fourth-order valence-corrected chi connectivity index (χ4v) is 3.56. The van der Waals surface area contributed by atoms with E-state index >= 15 is 0 Å². The number of halogens is 1. The number of hydrogen-bond donors (Lipinski definition) is 1. The predicted molar refractivity (Wildman–Crippen MR) is 101 cm³/mol. The Balaban J connectivity index is 2.44. The summed E-state index contributed by atoms with van der Waals surface area (Å²) < 4.78 is 11.2. The molecule has 0 saturated carbocycles. The van der Waals surface area contributed by atoms with Crippen molar-refractivity contribution in [1.82, 2.24) is 10.2 Å². The Hall–Kier alpha value is -1.44. The van der Waals surface area contributed by atoms with Gasteiger partial charge in [-0.2, -0.15) is 0 Å². The third-order valence-corrected chi connectivity index (χ3v) is 4.93. The van der Waals surface area contributed by atoms with Crippen molar-refractivity contribution in [3.63, 3.8) is 0 Å². The van der Waals surface area contributed by atoms with Gasteiger partial charge in [0.05, 0.1) is 18.2 Å². The molecule has 1 aliphatic rings. The van der Waals surface area contributed by atoms with Crippen molar-refractivity contribution < 1.29 is 14.3 Å². The number of hydrogen-bond acceptors (Lipinski definition) is 4. The van der Waals surface area contributed by atoms with E-state index in [1.165, 1.54) is 0 Å². The molecule has 1 aromatic rings. The summed E-state index contributed by atoms with van der Waals surface area (Å²) in [7, 11) is 1.57. The number of methoxy groups -OCH3 is 1. The van der Waals surface area contributed by atoms with Gasteiger partial charge in [0.15, 0.2) is 5.11 Å². The van der Waals surface area contributed by atoms with Gasteiger partial charge in [-0.25, -0.2) is 4.79 Å². The second-order valence-electron chi connectivity index (χ2n) is 5.28. The summed E-state index contributed by atoms with van der Waals surface area (Å²) >= 11 is 9.02. The number of carbonyl (C=O) groups excluding carboxylic acids is 1. The SMILES string of the molecule is CCN1C(=S)N[C@@H](c2ccccc2Br)C(C(=O)OCCOC)=C1C. The molecule has 1 atom stereocenters. The molecule has 1 N–H and O–H groups in total. The average Bonchev–Trinajstić information content (AvgIpc) is 2.55. The summed E-state index contributed by atoms with van der Waals surface area (Å²) in [5, 5.41) is 3.86. The molecule has 0 unspecified atom stereocenters. The van der Waals surface area contributed by atoms with Gasteiger partial charge < -0.3 is 19.7 Å². The number of carbonyl (C=O) groups is 1. The van der Waals surface area contributed by atoms with Crippen LogP contribution in [-0.2, 0) is 14.3 Å². The van der Waals surface area contributed by atoms with Gasteiger partial charge in [0.2, 0.25) is 0 Å². The molecular formula is C17H21BrN2O3S. The van der Waals surface area contributed by atoms with Crippen molar-refractivity contribution in [2.24, 2.45) is 0 Å². The maximum Gasteiger partial charge on any atom is 0.338 e. The minimum atomic E-state index is -0.362. The molecule has 0 fully saturated rings. The zero-order chi connectivity index (χ0) is 17.7. The van der Waals surface area contributed by atoms with Crippen LogP contribution in [0.4, 0.5) is 0 Å². The summed E-state index contributed by atoms with van der Waals surface area (Å²) in [6.45, 7) is 5.14. The smallest absolute Gasteiger partial charge is 0.338 e. The third-order valence-electron chi connectivity index (χ3n) is 3.87. The topological polar surface area (TPSA) is 50.8 Å². The van der Waals surface area contributed by atoms with Crippen LogP contribution in [-0.4, -0.2) is 42.8 Å². The molecule has 2 rings (SSSR count). The van der Waals surface area contributed by atoms with Gasteiger partial charge in [-0.05, 0) is 37.7 Å². The minimum Gasteiger partial charge on any atom is -0.460 e. The van der Waals surface area contributed by atoms with Gasteiger partial charge in [0.25, 0.3) is 0 Å². The van der Waals surface area contributed by atoms with Crippen molar-refractivity contribution in [3.05, 3.63) is 45.6 Å². The molecular weight excluding hydrogens is 392 g/mol. The normalized spacial score (nSPS) is 17.8. The highest BCUT2D eigenvalue weighted by atomic mass is 79.9. The second kappa shape index (κ2) is 8.60. The Morgan fingerprint density at radius 3 is 2.71 bits per heavy atom. The lowest BCUT2D eigenvalue weighted by molar-refractivity contribution is -0.140. The van der Waals surface area contributed by atoms with Crippen molar-refractivity contribution in [2.75, 3.05) is 26.9 Å². The number of thiocarbonyl (C=S) groups is 1. The standard InChI is InChI=1S/C17H21BrN2O3S/c1-4-20-11(2)14(16(21)23-10-9-22-3)15(19-17(20)24)12-7-5-6-8-13(12)18/h5-8,15H,4,9-10H2,1-3H3,(H,19,24)/t15-/m0/s1. The predicted octanol–water partition coefficient (Wildman–Crippen LogP) is 3.16. The highest BCUT2D eigenvalue weighted by Gasteiger charge is 2.35. The minimum absolute atomic E-state index is 0.214. The third kappa shape index (κ3) is 3.96. The van der Waals surface area contributed by atoms with Gasteiger partial charge in [0, 0.05) is 23.8 Å². The number of rotatable bonds is 6. The van der Waals surface area contributed by atoms with Crippen LogP contribution in [0.1, 0.15) is 25.5 Å². The quantitative estimate of drug-likeness (QED) is 0.439. The number of esters is 1. The van der Waals surface area contributed by atoms with Gasteiger partial charge in [0.1, 0.15) is 6.61 Å². The molecule has 0 spiro atoms. The molecule has 24 heavy (non-hydrogen) atoms. The fraction of sp³-hybridized carbons (Fsp3) is 0.412. The molecule has 0 saturated heterocycles. The first-order valence-electron chi connectivity index (χ1n) is 7.70. The summed E-state index contributed by atoms with van der Waals surface area (Å²) in [4.78, 5) is 14.6. The first-order valence-corrected chi connectivity index (χ1v) is 8.90. The van der Waals surface area contributed by atoms with Crippen LogP contribution in [0.5, 0.6) is 0 Å². The van der Waals surface area contributed by atoms with Gasteiger partial charge in [-0.3, -0.25) is 0 Å². The molecule has 0 aliphatic carbocycles. The molecule has 1 heterocycles. The number of allylic oxidation sites excluding steroid dienone is 1. The highest BCUT2D eigenvalue weighted by Crippen LogP contribution is 2.34. The van der Waals surface area contributed by atoms with Crippen molar-refractivity contribution >= 4 is 39.2 Å². The van der Waals surface area contributed by atoms with Crippen molar-refractivity contribution in [3.8, 4) is 0 Å². The van der Waals surface area contributed by atoms with Gasteiger partial charge in [-0.1, -0.05) is 34.1 Å². The molecule has 0 bridgehead atoms. The average molecular weight is 413 g/mol. The van der Waals surface area contributed by atoms with Crippen molar-refractivity contribution in [1.29, 1.82) is 0 Å². The van der Waals surface area contributed by atoms with Crippen LogP contribution in [0.15, 0.2) is 40.0 Å². The number of benzene rings is 1. The first kappa shape index (κ1) is 18.9. The van der Waals surface area contributed by atoms with Crippen LogP contribution in [0.3, 0.4) is 0 Å². The molecule has 5 nitrogen and oxygen atoms in total. The molecule has 0 amide bonds. The lowest BCUT2D eigenvalue weighted by Gasteiger charge is -2.37. The zero-order valence-electron chi connectivity index (χ0n) is 14.0. The fourth-order valence-electron chi connectivity index (χ4n) is 2.66. The molecule has 130 valence electrons. The van der Waals surface area contributed by atoms with Gasteiger partial charge >= 0.3 is 5.97 Å². The van der Waals surface area contributed by atoms with Crippen molar-refractivity contribution in [2.45, 2.75) is 19.9 Å². The number of nitrogens with one attached hydrogen (secondary N) is 1. The highest BCUT2D eigenvalue weighted by molar-refractivity contribution is 9.10. The molecule has 1 aromatic carbocycles. The Bertz CT molecular complexity index is 663. The van der Waals surface area contributed by atoms with Crippen LogP contribution in [0.2, 0.25) is 0 Å². The lowest BCUT2D eigenvalue weighted by atomic mass is 9.95. The monoisotopic (exact) mass is 412 g/mol. The van der Waals surface area contributed by atoms with E-state index in [2.05, 4.69) is 21.2 Å². The molecule has 1 aliphatic heterocycles. The Morgan fingerprint density at radius 2 is 2.08 bits per heavy atom. The van der Waals surface area contributed by atoms with Crippen LogP contribution in [0, 0.1) is 0 Å². The lowest BCUT2D eigenvalue weighted by Crippen LogP contribution is -2.47. The van der Waals surface area contributed by atoms with E-state index in [0.29, 0.717) is 23.8 Å². The maximum atomic E-state index is 12.7. The van der Waals surface area contributed by atoms with Crippen LogP contribution < -0.4 is 5.32 Å². The Morgan fingerprint density at radius 1 is 1.38 bits per heavy atom. The molecule has 0 aromatic heterocycles. The van der Waals surface area contributed by atoms with Gasteiger partial charge in [-0.15, -0.1) is 0 Å². The Labute approximate surface area is 156 Å². The summed E-state index contributed by atoms with van der Waals surface area (Å²) in [6, 6.07) is 7.41. The summed E-state index contributed by atoms with van der Waals surface area (Å²) in [5.74, 6) is -0.362. The first-order chi connectivity index (χ1) is 11.5. The van der Waals surface area contributed by atoms with E-state index < -0.39 is 0 Å². The summed E-state index contributed by atoms with van der Waals surface area (Å²) in [5.41, 5.74) is 2.31. The van der Waals surface area contributed by atoms with E-state index in [-0.39, 0.29) is 18.6 Å². The van der Waals surface area contributed by atoms with E-state index in [4.69, 9.17) is 21.7 Å². The van der Waals surface area contributed by atoms with Crippen LogP contribution in [0.25, 0.3) is 0 Å². The zero-order valence-corrected chi connectivity index (χ0v) is 16.4.